The van der Waals surface area contributed by atoms with Crippen LogP contribution >= 0.6 is 0 Å². The second-order valence-corrected chi connectivity index (χ2v) is 5.97. The molecule has 0 bridgehead atoms. The summed E-state index contributed by atoms with van der Waals surface area (Å²) in [6.45, 7) is 8.46. The lowest BCUT2D eigenvalue weighted by Crippen LogP contribution is -2.55. The van der Waals surface area contributed by atoms with Crippen LogP contribution < -0.4 is 5.32 Å². The Labute approximate surface area is 101 Å². The van der Waals surface area contributed by atoms with Gasteiger partial charge < -0.3 is 5.32 Å². The summed E-state index contributed by atoms with van der Waals surface area (Å²) in [6.07, 6.45) is 8.85. The van der Waals surface area contributed by atoms with E-state index in [1.165, 1.54) is 58.2 Å². The first-order valence-corrected chi connectivity index (χ1v) is 7.23. The van der Waals surface area contributed by atoms with Gasteiger partial charge in [0, 0.05) is 31.7 Å². The van der Waals surface area contributed by atoms with Gasteiger partial charge in [-0.2, -0.15) is 0 Å². The molecule has 0 amide bonds. The van der Waals surface area contributed by atoms with Gasteiger partial charge in [-0.05, 0) is 32.6 Å². The van der Waals surface area contributed by atoms with E-state index in [2.05, 4.69) is 24.1 Å². The van der Waals surface area contributed by atoms with Crippen LogP contribution in [0.3, 0.4) is 0 Å². The van der Waals surface area contributed by atoms with Gasteiger partial charge >= 0.3 is 0 Å². The Balaban J connectivity index is 1.81. The number of piperazine rings is 1. The van der Waals surface area contributed by atoms with Crippen molar-refractivity contribution in [2.24, 2.45) is 5.92 Å². The highest BCUT2D eigenvalue weighted by Crippen LogP contribution is 2.24. The third-order valence-corrected chi connectivity index (χ3v) is 4.36. The fourth-order valence-corrected chi connectivity index (χ4v) is 3.23. The predicted octanol–water partition coefficient (Wildman–Crippen LogP) is 2.64. The standard InChI is InChI=1S/C14H28N2/c1-12-10-16(13(2)9-15-12)11-14-7-5-3-4-6-8-14/h12-15H,3-11H2,1-2H3. The maximum atomic E-state index is 3.57. The summed E-state index contributed by atoms with van der Waals surface area (Å²) in [5.74, 6) is 0.982. The molecule has 1 saturated carbocycles. The normalized spacial score (nSPS) is 34.9. The van der Waals surface area contributed by atoms with Crippen molar-refractivity contribution in [2.45, 2.75) is 64.5 Å². The summed E-state index contributed by atoms with van der Waals surface area (Å²) >= 11 is 0. The van der Waals surface area contributed by atoms with Crippen LogP contribution in [0.2, 0.25) is 0 Å². The first kappa shape index (κ1) is 12.4. The molecule has 0 aromatic carbocycles. The van der Waals surface area contributed by atoms with E-state index in [0.29, 0.717) is 6.04 Å². The van der Waals surface area contributed by atoms with E-state index in [1.807, 2.05) is 0 Å². The Morgan fingerprint density at radius 1 is 1.06 bits per heavy atom. The lowest BCUT2D eigenvalue weighted by molar-refractivity contribution is 0.120. The quantitative estimate of drug-likeness (QED) is 0.725. The summed E-state index contributed by atoms with van der Waals surface area (Å²) in [5, 5.41) is 3.57. The highest BCUT2D eigenvalue weighted by molar-refractivity contribution is 4.83. The van der Waals surface area contributed by atoms with Gasteiger partial charge in [-0.25, -0.2) is 0 Å². The summed E-state index contributed by atoms with van der Waals surface area (Å²) in [5.41, 5.74) is 0. The minimum absolute atomic E-state index is 0.682. The Hall–Kier alpha value is -0.0800. The Kier molecular flexibility index (Phi) is 4.66. The molecular formula is C14H28N2. The first-order valence-electron chi connectivity index (χ1n) is 7.23. The van der Waals surface area contributed by atoms with E-state index in [9.17, 15) is 0 Å². The van der Waals surface area contributed by atoms with Crippen molar-refractivity contribution < 1.29 is 0 Å². The third-order valence-electron chi connectivity index (χ3n) is 4.36. The highest BCUT2D eigenvalue weighted by atomic mass is 15.2. The number of nitrogens with zero attached hydrogens (tertiary/aromatic N) is 1. The average Bonchev–Trinajstić information content (AvgIpc) is 2.52. The maximum absolute atomic E-state index is 3.57. The predicted molar refractivity (Wildman–Crippen MR) is 69.7 cm³/mol. The molecule has 1 aliphatic carbocycles. The Bertz CT molecular complexity index is 197. The van der Waals surface area contributed by atoms with Crippen LogP contribution in [-0.2, 0) is 0 Å². The number of nitrogens with one attached hydrogen (secondary N) is 1. The molecule has 0 aromatic rings. The van der Waals surface area contributed by atoms with Gasteiger partial charge in [0.2, 0.25) is 0 Å². The van der Waals surface area contributed by atoms with Gasteiger partial charge in [0.1, 0.15) is 0 Å². The van der Waals surface area contributed by atoms with Crippen molar-refractivity contribution in [1.29, 1.82) is 0 Å². The van der Waals surface area contributed by atoms with Gasteiger partial charge in [0.15, 0.2) is 0 Å². The lowest BCUT2D eigenvalue weighted by Gasteiger charge is -2.39. The van der Waals surface area contributed by atoms with Gasteiger partial charge in [-0.3, -0.25) is 4.90 Å². The second-order valence-electron chi connectivity index (χ2n) is 5.97. The third kappa shape index (κ3) is 3.46. The molecule has 2 nitrogen and oxygen atoms in total. The molecule has 0 spiro atoms. The van der Waals surface area contributed by atoms with E-state index in [0.717, 1.165) is 12.0 Å². The smallest absolute Gasteiger partial charge is 0.0193 e. The van der Waals surface area contributed by atoms with Crippen molar-refractivity contribution in [3.63, 3.8) is 0 Å². The monoisotopic (exact) mass is 224 g/mol. The molecule has 2 fully saturated rings. The van der Waals surface area contributed by atoms with Crippen LogP contribution in [0.25, 0.3) is 0 Å². The van der Waals surface area contributed by atoms with Crippen LogP contribution in [0, 0.1) is 5.92 Å². The van der Waals surface area contributed by atoms with Crippen molar-refractivity contribution in [2.75, 3.05) is 19.6 Å². The molecule has 1 saturated heterocycles. The summed E-state index contributed by atoms with van der Waals surface area (Å²) in [4.78, 5) is 2.72. The van der Waals surface area contributed by atoms with Gasteiger partial charge in [0.25, 0.3) is 0 Å². The molecule has 1 heterocycles. The molecule has 16 heavy (non-hydrogen) atoms. The van der Waals surface area contributed by atoms with Gasteiger partial charge in [-0.15, -0.1) is 0 Å². The van der Waals surface area contributed by atoms with E-state index in [1.54, 1.807) is 0 Å². The molecule has 2 rings (SSSR count). The number of hydrogen-bond donors (Lipinski definition) is 1. The number of hydrogen-bond acceptors (Lipinski definition) is 2. The molecule has 2 atom stereocenters. The largest absolute Gasteiger partial charge is 0.311 e. The zero-order valence-electron chi connectivity index (χ0n) is 11.0. The maximum Gasteiger partial charge on any atom is 0.0193 e. The van der Waals surface area contributed by atoms with Crippen LogP contribution in [0.4, 0.5) is 0 Å². The second kappa shape index (κ2) is 6.02. The topological polar surface area (TPSA) is 15.3 Å². The van der Waals surface area contributed by atoms with Crippen molar-refractivity contribution in [3.8, 4) is 0 Å². The molecule has 94 valence electrons. The minimum Gasteiger partial charge on any atom is -0.311 e. The molecular weight excluding hydrogens is 196 g/mol. The zero-order chi connectivity index (χ0) is 11.4. The van der Waals surface area contributed by atoms with Crippen molar-refractivity contribution in [3.05, 3.63) is 0 Å². The van der Waals surface area contributed by atoms with Crippen LogP contribution in [0.5, 0.6) is 0 Å². The van der Waals surface area contributed by atoms with E-state index < -0.39 is 0 Å². The van der Waals surface area contributed by atoms with Gasteiger partial charge in [0.05, 0.1) is 0 Å². The Morgan fingerprint density at radius 3 is 2.44 bits per heavy atom. The first-order chi connectivity index (χ1) is 7.75. The van der Waals surface area contributed by atoms with Crippen LogP contribution in [-0.4, -0.2) is 36.6 Å². The highest BCUT2D eigenvalue weighted by Gasteiger charge is 2.24. The SMILES string of the molecule is CC1CN(CC2CCCCCC2)C(C)CN1. The van der Waals surface area contributed by atoms with E-state index >= 15 is 0 Å². The minimum atomic E-state index is 0.682. The zero-order valence-corrected chi connectivity index (χ0v) is 11.0. The number of rotatable bonds is 2. The lowest BCUT2D eigenvalue weighted by atomic mass is 9.98. The van der Waals surface area contributed by atoms with Crippen LogP contribution in [0.1, 0.15) is 52.4 Å². The van der Waals surface area contributed by atoms with E-state index in [-0.39, 0.29) is 0 Å². The van der Waals surface area contributed by atoms with E-state index in [4.69, 9.17) is 0 Å². The molecule has 2 unspecified atom stereocenters. The molecule has 1 N–H and O–H groups in total. The fraction of sp³-hybridized carbons (Fsp3) is 1.00. The average molecular weight is 224 g/mol. The van der Waals surface area contributed by atoms with Gasteiger partial charge in [-0.1, -0.05) is 25.7 Å². The molecule has 1 aliphatic heterocycles. The fourth-order valence-electron chi connectivity index (χ4n) is 3.23. The molecule has 2 heteroatoms. The molecule has 0 radical (unpaired) electrons. The van der Waals surface area contributed by atoms with Crippen molar-refractivity contribution >= 4 is 0 Å². The van der Waals surface area contributed by atoms with Crippen molar-refractivity contribution in [1.82, 2.24) is 10.2 Å². The summed E-state index contributed by atoms with van der Waals surface area (Å²) in [7, 11) is 0. The molecule has 0 aromatic heterocycles. The van der Waals surface area contributed by atoms with Crippen LogP contribution in [0.15, 0.2) is 0 Å². The molecule has 2 aliphatic rings. The summed E-state index contributed by atoms with van der Waals surface area (Å²) < 4.78 is 0. The summed E-state index contributed by atoms with van der Waals surface area (Å²) in [6, 6.07) is 1.42. The Morgan fingerprint density at radius 2 is 1.75 bits per heavy atom.